The largest absolute Gasteiger partial charge is 0.376 e. The van der Waals surface area contributed by atoms with Crippen LogP contribution in [-0.2, 0) is 4.74 Å². The summed E-state index contributed by atoms with van der Waals surface area (Å²) in [6.07, 6.45) is 8.48. The second kappa shape index (κ2) is 6.76. The van der Waals surface area contributed by atoms with Gasteiger partial charge in [0.25, 0.3) is 5.91 Å². The average Bonchev–Trinajstić information content (AvgIpc) is 3.00. The molecule has 1 aliphatic carbocycles. The summed E-state index contributed by atoms with van der Waals surface area (Å²) in [5, 5.41) is 3.98. The molecule has 0 atom stereocenters. The van der Waals surface area contributed by atoms with Crippen LogP contribution in [0.15, 0.2) is 30.5 Å². The smallest absolute Gasteiger partial charge is 0.251 e. The van der Waals surface area contributed by atoms with E-state index in [0.717, 1.165) is 23.7 Å². The van der Waals surface area contributed by atoms with Crippen molar-refractivity contribution in [1.82, 2.24) is 10.3 Å². The van der Waals surface area contributed by atoms with Gasteiger partial charge in [-0.1, -0.05) is 19.3 Å². The molecule has 2 N–H and O–H groups in total. The number of amides is 1. The van der Waals surface area contributed by atoms with Gasteiger partial charge in [-0.05, 0) is 37.1 Å². The van der Waals surface area contributed by atoms with Gasteiger partial charge in [0.2, 0.25) is 0 Å². The number of aromatic amines is 1. The predicted octanol–water partition coefficient (Wildman–Crippen LogP) is 3.25. The fourth-order valence-electron chi connectivity index (χ4n) is 2.92. The van der Waals surface area contributed by atoms with Gasteiger partial charge < -0.3 is 15.0 Å². The molecule has 0 saturated heterocycles. The second-order valence-corrected chi connectivity index (χ2v) is 5.67. The average molecular weight is 286 g/mol. The molecule has 0 bridgehead atoms. The third-order valence-electron chi connectivity index (χ3n) is 4.11. The Morgan fingerprint density at radius 2 is 2.10 bits per heavy atom. The fourth-order valence-corrected chi connectivity index (χ4v) is 2.92. The minimum atomic E-state index is -0.0367. The Labute approximate surface area is 124 Å². The maximum absolute atomic E-state index is 12.1. The Balaban J connectivity index is 1.45. The summed E-state index contributed by atoms with van der Waals surface area (Å²) in [6.45, 7) is 1.17. The molecule has 3 rings (SSSR count). The Hall–Kier alpha value is -1.81. The summed E-state index contributed by atoms with van der Waals surface area (Å²) >= 11 is 0. The molecule has 112 valence electrons. The first-order valence-electron chi connectivity index (χ1n) is 7.80. The normalized spacial score (nSPS) is 16.2. The van der Waals surface area contributed by atoms with E-state index < -0.39 is 0 Å². The van der Waals surface area contributed by atoms with Gasteiger partial charge in [-0.3, -0.25) is 4.79 Å². The van der Waals surface area contributed by atoms with Crippen LogP contribution in [-0.4, -0.2) is 30.1 Å². The lowest BCUT2D eigenvalue weighted by Crippen LogP contribution is -2.29. The molecule has 0 radical (unpaired) electrons. The number of hydrogen-bond acceptors (Lipinski definition) is 2. The van der Waals surface area contributed by atoms with Gasteiger partial charge in [0.1, 0.15) is 0 Å². The van der Waals surface area contributed by atoms with Crippen molar-refractivity contribution >= 4 is 16.8 Å². The molecule has 4 nitrogen and oxygen atoms in total. The Bertz CT molecular complexity index is 600. The van der Waals surface area contributed by atoms with E-state index in [2.05, 4.69) is 10.3 Å². The second-order valence-electron chi connectivity index (χ2n) is 5.67. The number of aromatic nitrogens is 1. The third kappa shape index (κ3) is 3.64. The predicted molar refractivity (Wildman–Crippen MR) is 83.5 cm³/mol. The van der Waals surface area contributed by atoms with Crippen LogP contribution in [0.25, 0.3) is 10.9 Å². The topological polar surface area (TPSA) is 54.1 Å². The van der Waals surface area contributed by atoms with Crippen molar-refractivity contribution < 1.29 is 9.53 Å². The molecule has 1 aliphatic rings. The number of carbonyl (C=O) groups excluding carboxylic acids is 1. The fraction of sp³-hybridized carbons (Fsp3) is 0.471. The van der Waals surface area contributed by atoms with Crippen molar-refractivity contribution in [2.75, 3.05) is 13.2 Å². The number of benzene rings is 1. The lowest BCUT2D eigenvalue weighted by molar-refractivity contribution is 0.0299. The van der Waals surface area contributed by atoms with Crippen LogP contribution in [0, 0.1) is 0 Å². The highest BCUT2D eigenvalue weighted by Gasteiger charge is 2.13. The Kier molecular flexibility index (Phi) is 4.55. The maximum Gasteiger partial charge on any atom is 0.251 e. The van der Waals surface area contributed by atoms with E-state index in [-0.39, 0.29) is 5.91 Å². The summed E-state index contributed by atoms with van der Waals surface area (Å²) < 4.78 is 5.81. The molecule has 1 saturated carbocycles. The number of ether oxygens (including phenoxy) is 1. The van der Waals surface area contributed by atoms with Gasteiger partial charge in [0, 0.05) is 29.2 Å². The summed E-state index contributed by atoms with van der Waals surface area (Å²) in [5.41, 5.74) is 1.74. The molecule has 1 aromatic carbocycles. The molecule has 0 aliphatic heterocycles. The van der Waals surface area contributed by atoms with E-state index in [1.54, 1.807) is 0 Å². The first kappa shape index (κ1) is 14.1. The van der Waals surface area contributed by atoms with Crippen LogP contribution in [0.3, 0.4) is 0 Å². The maximum atomic E-state index is 12.1. The Morgan fingerprint density at radius 1 is 1.24 bits per heavy atom. The van der Waals surface area contributed by atoms with Gasteiger partial charge in [-0.25, -0.2) is 0 Å². The highest BCUT2D eigenvalue weighted by Crippen LogP contribution is 2.20. The van der Waals surface area contributed by atoms with Gasteiger partial charge in [0.05, 0.1) is 12.7 Å². The summed E-state index contributed by atoms with van der Waals surface area (Å²) in [6, 6.07) is 7.65. The van der Waals surface area contributed by atoms with Crippen molar-refractivity contribution in [3.8, 4) is 0 Å². The molecular weight excluding hydrogens is 264 g/mol. The first-order valence-corrected chi connectivity index (χ1v) is 7.80. The lowest BCUT2D eigenvalue weighted by atomic mass is 9.98. The molecule has 1 aromatic heterocycles. The highest BCUT2D eigenvalue weighted by molar-refractivity contribution is 5.98. The minimum absolute atomic E-state index is 0.0367. The van der Waals surface area contributed by atoms with Crippen molar-refractivity contribution in [2.24, 2.45) is 0 Å². The monoisotopic (exact) mass is 286 g/mol. The third-order valence-corrected chi connectivity index (χ3v) is 4.11. The number of hydrogen-bond donors (Lipinski definition) is 2. The van der Waals surface area contributed by atoms with Gasteiger partial charge in [-0.15, -0.1) is 0 Å². The van der Waals surface area contributed by atoms with Crippen LogP contribution in [0.5, 0.6) is 0 Å². The SMILES string of the molecule is O=C(NCCOC1CCCCC1)c1ccc2[nH]ccc2c1. The van der Waals surface area contributed by atoms with E-state index in [0.29, 0.717) is 24.8 Å². The van der Waals surface area contributed by atoms with Crippen LogP contribution < -0.4 is 5.32 Å². The molecule has 21 heavy (non-hydrogen) atoms. The van der Waals surface area contributed by atoms with Gasteiger partial charge in [0.15, 0.2) is 0 Å². The van der Waals surface area contributed by atoms with Crippen molar-refractivity contribution in [1.29, 1.82) is 0 Å². The number of rotatable bonds is 5. The van der Waals surface area contributed by atoms with E-state index >= 15 is 0 Å². The van der Waals surface area contributed by atoms with Crippen molar-refractivity contribution in [3.63, 3.8) is 0 Å². The number of carbonyl (C=O) groups is 1. The molecular formula is C17H22N2O2. The molecule has 2 aromatic rings. The minimum Gasteiger partial charge on any atom is -0.376 e. The van der Waals surface area contributed by atoms with E-state index in [1.165, 1.54) is 19.3 Å². The standard InChI is InChI=1S/C17H22N2O2/c20-17(14-6-7-16-13(12-14)8-9-18-16)19-10-11-21-15-4-2-1-3-5-15/h6-9,12,15,18H,1-5,10-11H2,(H,19,20). The zero-order valence-electron chi connectivity index (χ0n) is 12.2. The number of H-pyrrole nitrogens is 1. The van der Waals surface area contributed by atoms with Crippen molar-refractivity contribution in [3.05, 3.63) is 36.0 Å². The highest BCUT2D eigenvalue weighted by atomic mass is 16.5. The van der Waals surface area contributed by atoms with E-state index in [4.69, 9.17) is 4.74 Å². The molecule has 0 spiro atoms. The first-order chi connectivity index (χ1) is 10.3. The lowest BCUT2D eigenvalue weighted by Gasteiger charge is -2.21. The molecule has 4 heteroatoms. The van der Waals surface area contributed by atoms with E-state index in [1.807, 2.05) is 30.5 Å². The quantitative estimate of drug-likeness (QED) is 0.829. The van der Waals surface area contributed by atoms with E-state index in [9.17, 15) is 4.79 Å². The Morgan fingerprint density at radius 3 is 2.95 bits per heavy atom. The molecule has 1 amide bonds. The van der Waals surface area contributed by atoms with Gasteiger partial charge in [-0.2, -0.15) is 0 Å². The summed E-state index contributed by atoms with van der Waals surface area (Å²) in [5.74, 6) is -0.0367. The summed E-state index contributed by atoms with van der Waals surface area (Å²) in [7, 11) is 0. The number of fused-ring (bicyclic) bond motifs is 1. The van der Waals surface area contributed by atoms with Crippen LogP contribution in [0.1, 0.15) is 42.5 Å². The number of nitrogens with one attached hydrogen (secondary N) is 2. The molecule has 0 unspecified atom stereocenters. The van der Waals surface area contributed by atoms with Crippen LogP contribution in [0.2, 0.25) is 0 Å². The van der Waals surface area contributed by atoms with Crippen LogP contribution >= 0.6 is 0 Å². The van der Waals surface area contributed by atoms with Crippen molar-refractivity contribution in [2.45, 2.75) is 38.2 Å². The molecule has 1 fully saturated rings. The van der Waals surface area contributed by atoms with Gasteiger partial charge >= 0.3 is 0 Å². The molecule has 1 heterocycles. The summed E-state index contributed by atoms with van der Waals surface area (Å²) in [4.78, 5) is 15.2. The zero-order valence-corrected chi connectivity index (χ0v) is 12.2. The zero-order chi connectivity index (χ0) is 14.5. The van der Waals surface area contributed by atoms with Crippen LogP contribution in [0.4, 0.5) is 0 Å².